The van der Waals surface area contributed by atoms with Gasteiger partial charge in [-0.2, -0.15) is 0 Å². The van der Waals surface area contributed by atoms with Crippen molar-refractivity contribution in [2.24, 2.45) is 0 Å². The van der Waals surface area contributed by atoms with Crippen LogP contribution in [0.15, 0.2) is 42.6 Å². The minimum absolute atomic E-state index is 0.144. The fourth-order valence-corrected chi connectivity index (χ4v) is 3.61. The maximum absolute atomic E-state index is 12.5. The molecule has 3 rings (SSSR count). The van der Waals surface area contributed by atoms with E-state index in [1.807, 2.05) is 36.4 Å². The summed E-state index contributed by atoms with van der Waals surface area (Å²) in [6.45, 7) is 0.543. The predicted molar refractivity (Wildman–Crippen MR) is 108 cm³/mol. The number of nitrogens with one attached hydrogen (secondary N) is 2. The monoisotopic (exact) mass is 367 g/mol. The Kier molecular flexibility index (Phi) is 7.08. The zero-order valence-corrected chi connectivity index (χ0v) is 16.0. The van der Waals surface area contributed by atoms with Gasteiger partial charge < -0.3 is 15.4 Å². The molecule has 0 saturated heterocycles. The molecule has 1 saturated carbocycles. The Morgan fingerprint density at radius 3 is 2.70 bits per heavy atom. The molecule has 0 aliphatic heterocycles. The van der Waals surface area contributed by atoms with Crippen LogP contribution in [0.3, 0.4) is 0 Å². The highest BCUT2D eigenvalue weighted by Gasteiger charge is 2.13. The Labute approximate surface area is 161 Å². The lowest BCUT2D eigenvalue weighted by atomic mass is 10.1. The molecule has 2 aromatic rings. The van der Waals surface area contributed by atoms with Gasteiger partial charge in [-0.25, -0.2) is 0 Å². The second-order valence-corrected chi connectivity index (χ2v) is 7.08. The number of carbonyl (C=O) groups is 1. The summed E-state index contributed by atoms with van der Waals surface area (Å²) < 4.78 is 5.35. The molecule has 2 N–H and O–H groups in total. The van der Waals surface area contributed by atoms with E-state index < -0.39 is 0 Å². The maximum Gasteiger partial charge on any atom is 0.269 e. The van der Waals surface area contributed by atoms with Crippen LogP contribution in [-0.4, -0.2) is 30.6 Å². The first-order valence-electron chi connectivity index (χ1n) is 9.89. The lowest BCUT2D eigenvalue weighted by molar-refractivity contribution is 0.0949. The third kappa shape index (κ3) is 5.71. The van der Waals surface area contributed by atoms with Gasteiger partial charge >= 0.3 is 0 Å². The van der Waals surface area contributed by atoms with Crippen LogP contribution in [0.5, 0.6) is 5.75 Å². The largest absolute Gasteiger partial charge is 0.496 e. The molecule has 1 heterocycles. The summed E-state index contributed by atoms with van der Waals surface area (Å²) in [5.74, 6) is 0.703. The summed E-state index contributed by atoms with van der Waals surface area (Å²) in [6, 6.07) is 12.2. The van der Waals surface area contributed by atoms with Crippen LogP contribution < -0.4 is 15.4 Å². The van der Waals surface area contributed by atoms with Crippen LogP contribution in [0.25, 0.3) is 0 Å². The number of amides is 1. The zero-order valence-electron chi connectivity index (χ0n) is 16.0. The molecular weight excluding hydrogens is 338 g/mol. The van der Waals surface area contributed by atoms with Gasteiger partial charge in [-0.3, -0.25) is 9.78 Å². The van der Waals surface area contributed by atoms with Crippen molar-refractivity contribution in [1.29, 1.82) is 0 Å². The SMILES string of the molecule is COc1ccccc1CCNC(=O)c1cc(NC2CCCCCC2)ccn1. The molecule has 1 fully saturated rings. The van der Waals surface area contributed by atoms with Gasteiger partial charge in [0, 0.05) is 24.5 Å². The number of hydrogen-bond acceptors (Lipinski definition) is 4. The number of carbonyl (C=O) groups excluding carboxylic acids is 1. The van der Waals surface area contributed by atoms with Crippen molar-refractivity contribution in [2.45, 2.75) is 51.0 Å². The number of rotatable bonds is 7. The summed E-state index contributed by atoms with van der Waals surface area (Å²) in [7, 11) is 1.66. The van der Waals surface area contributed by atoms with Crippen molar-refractivity contribution < 1.29 is 9.53 Å². The second-order valence-electron chi connectivity index (χ2n) is 7.08. The number of para-hydroxylation sites is 1. The van der Waals surface area contributed by atoms with Gasteiger partial charge in [0.05, 0.1) is 7.11 Å². The van der Waals surface area contributed by atoms with E-state index in [0.717, 1.165) is 23.4 Å². The van der Waals surface area contributed by atoms with E-state index in [1.165, 1.54) is 38.5 Å². The number of nitrogens with zero attached hydrogens (tertiary/aromatic N) is 1. The number of pyridine rings is 1. The average Bonchev–Trinajstić information content (AvgIpc) is 2.97. The third-order valence-corrected chi connectivity index (χ3v) is 5.09. The Hall–Kier alpha value is -2.56. The molecule has 0 radical (unpaired) electrons. The topological polar surface area (TPSA) is 63.2 Å². The van der Waals surface area contributed by atoms with E-state index in [4.69, 9.17) is 4.74 Å². The highest BCUT2D eigenvalue weighted by molar-refractivity contribution is 5.93. The first-order valence-corrected chi connectivity index (χ1v) is 9.89. The fourth-order valence-electron chi connectivity index (χ4n) is 3.61. The number of hydrogen-bond donors (Lipinski definition) is 2. The highest BCUT2D eigenvalue weighted by atomic mass is 16.5. The molecule has 0 bridgehead atoms. The standard InChI is InChI=1S/C22H29N3O2/c1-27-21-11-7-6-8-17(21)12-14-24-22(26)20-16-19(13-15-23-20)25-18-9-4-2-3-5-10-18/h6-8,11,13,15-16,18H,2-5,9-10,12,14H2,1H3,(H,23,25)(H,24,26). The van der Waals surface area contributed by atoms with Gasteiger partial charge in [0.2, 0.25) is 0 Å². The van der Waals surface area contributed by atoms with Crippen molar-refractivity contribution in [3.63, 3.8) is 0 Å². The minimum Gasteiger partial charge on any atom is -0.496 e. The minimum atomic E-state index is -0.144. The summed E-state index contributed by atoms with van der Waals surface area (Å²) in [6.07, 6.45) is 10.0. The quantitative estimate of drug-likeness (QED) is 0.720. The first kappa shape index (κ1) is 19.2. The Morgan fingerprint density at radius 1 is 1.15 bits per heavy atom. The molecule has 1 aliphatic carbocycles. The molecule has 1 aliphatic rings. The summed E-state index contributed by atoms with van der Waals surface area (Å²) in [5.41, 5.74) is 2.51. The van der Waals surface area contributed by atoms with Gasteiger partial charge in [0.1, 0.15) is 11.4 Å². The Morgan fingerprint density at radius 2 is 1.93 bits per heavy atom. The number of aromatic nitrogens is 1. The van der Waals surface area contributed by atoms with E-state index in [9.17, 15) is 4.79 Å². The van der Waals surface area contributed by atoms with Crippen LogP contribution >= 0.6 is 0 Å². The van der Waals surface area contributed by atoms with Gasteiger partial charge in [-0.15, -0.1) is 0 Å². The number of ether oxygens (including phenoxy) is 1. The fraction of sp³-hybridized carbons (Fsp3) is 0.455. The lowest BCUT2D eigenvalue weighted by Gasteiger charge is -2.18. The zero-order chi connectivity index (χ0) is 18.9. The highest BCUT2D eigenvalue weighted by Crippen LogP contribution is 2.21. The molecule has 0 spiro atoms. The maximum atomic E-state index is 12.5. The summed E-state index contributed by atoms with van der Waals surface area (Å²) in [5, 5.41) is 6.53. The van der Waals surface area contributed by atoms with Crippen LogP contribution in [0.4, 0.5) is 5.69 Å². The predicted octanol–water partition coefficient (Wildman–Crippen LogP) is 4.20. The molecular formula is C22H29N3O2. The van der Waals surface area contributed by atoms with Crippen molar-refractivity contribution in [3.8, 4) is 5.75 Å². The molecule has 1 aromatic heterocycles. The molecule has 27 heavy (non-hydrogen) atoms. The molecule has 144 valence electrons. The van der Waals surface area contributed by atoms with Crippen molar-refractivity contribution in [1.82, 2.24) is 10.3 Å². The number of anilines is 1. The molecule has 5 nitrogen and oxygen atoms in total. The normalized spacial score (nSPS) is 15.0. The molecule has 1 aromatic carbocycles. The van der Waals surface area contributed by atoms with Crippen LogP contribution in [0, 0.1) is 0 Å². The Bertz CT molecular complexity index is 740. The van der Waals surface area contributed by atoms with Gasteiger partial charge in [0.25, 0.3) is 5.91 Å². The van der Waals surface area contributed by atoms with Gasteiger partial charge in [-0.05, 0) is 43.0 Å². The lowest BCUT2D eigenvalue weighted by Crippen LogP contribution is -2.27. The molecule has 1 amide bonds. The first-order chi connectivity index (χ1) is 13.3. The van der Waals surface area contributed by atoms with Gasteiger partial charge in [0.15, 0.2) is 0 Å². The number of methoxy groups -OCH3 is 1. The summed E-state index contributed by atoms with van der Waals surface area (Å²) >= 11 is 0. The van der Waals surface area contributed by atoms with E-state index in [2.05, 4.69) is 15.6 Å². The molecule has 5 heteroatoms. The molecule has 0 atom stereocenters. The third-order valence-electron chi connectivity index (χ3n) is 5.09. The van der Waals surface area contributed by atoms with Crippen LogP contribution in [-0.2, 0) is 6.42 Å². The second kappa shape index (κ2) is 9.95. The van der Waals surface area contributed by atoms with Crippen molar-refractivity contribution >= 4 is 11.6 Å². The van der Waals surface area contributed by atoms with Crippen LogP contribution in [0.1, 0.15) is 54.6 Å². The van der Waals surface area contributed by atoms with E-state index in [1.54, 1.807) is 13.3 Å². The number of benzene rings is 1. The van der Waals surface area contributed by atoms with E-state index >= 15 is 0 Å². The smallest absolute Gasteiger partial charge is 0.269 e. The van der Waals surface area contributed by atoms with Gasteiger partial charge in [-0.1, -0.05) is 43.9 Å². The van der Waals surface area contributed by atoms with Crippen LogP contribution in [0.2, 0.25) is 0 Å². The Balaban J connectivity index is 1.53. The van der Waals surface area contributed by atoms with Crippen molar-refractivity contribution in [3.05, 3.63) is 53.9 Å². The molecule has 0 unspecified atom stereocenters. The summed E-state index contributed by atoms with van der Waals surface area (Å²) in [4.78, 5) is 16.7. The van der Waals surface area contributed by atoms with E-state index in [-0.39, 0.29) is 5.91 Å². The average molecular weight is 367 g/mol. The van der Waals surface area contributed by atoms with E-state index in [0.29, 0.717) is 18.3 Å². The van der Waals surface area contributed by atoms with Crippen molar-refractivity contribution in [2.75, 3.05) is 19.0 Å².